The lowest BCUT2D eigenvalue weighted by Gasteiger charge is -2.32. The van der Waals surface area contributed by atoms with Crippen LogP contribution in [0.5, 0.6) is 0 Å². The van der Waals surface area contributed by atoms with Crippen molar-refractivity contribution in [3.05, 3.63) is 30.2 Å². The van der Waals surface area contributed by atoms with Crippen LogP contribution < -0.4 is 10.6 Å². The second-order valence-electron chi connectivity index (χ2n) is 7.74. The number of benzene rings is 1. The molecule has 0 spiro atoms. The third kappa shape index (κ3) is 2.25. The van der Waals surface area contributed by atoms with Gasteiger partial charge in [-0.05, 0) is 62.3 Å². The zero-order valence-corrected chi connectivity index (χ0v) is 13.9. The molecule has 3 fully saturated rings. The highest BCUT2D eigenvalue weighted by molar-refractivity contribution is 5.60. The molecule has 1 aromatic heterocycles. The summed E-state index contributed by atoms with van der Waals surface area (Å²) in [5, 5.41) is 4.24. The number of hydrogen-bond acceptors (Lipinski definition) is 5. The molecule has 2 aliphatic carbocycles. The molecule has 2 N–H and O–H groups in total. The molecule has 0 unspecified atom stereocenters. The van der Waals surface area contributed by atoms with Crippen LogP contribution >= 0.6 is 0 Å². The first-order valence-electron chi connectivity index (χ1n) is 9.20. The summed E-state index contributed by atoms with van der Waals surface area (Å²) >= 11 is 0. The molecule has 1 aromatic carbocycles. The minimum absolute atomic E-state index is 0.234. The Bertz CT molecular complexity index is 732. The largest absolute Gasteiger partial charge is 0.371 e. The molecule has 2 saturated carbocycles. The lowest BCUT2D eigenvalue weighted by atomic mass is 10.0. The van der Waals surface area contributed by atoms with Crippen LogP contribution in [0.4, 0.5) is 5.69 Å². The molecular weight excluding hydrogens is 300 g/mol. The number of aromatic nitrogens is 2. The normalized spacial score (nSPS) is 29.7. The second-order valence-corrected chi connectivity index (χ2v) is 7.74. The van der Waals surface area contributed by atoms with Crippen LogP contribution in [0.2, 0.25) is 0 Å². The van der Waals surface area contributed by atoms with E-state index in [0.717, 1.165) is 49.1 Å². The zero-order chi connectivity index (χ0) is 16.1. The topological polar surface area (TPSA) is 68.2 Å². The first kappa shape index (κ1) is 14.5. The molecule has 1 aliphatic heterocycles. The Kier molecular flexibility index (Phi) is 3.20. The number of piperidine rings is 1. The van der Waals surface area contributed by atoms with E-state index in [1.54, 1.807) is 0 Å². The summed E-state index contributed by atoms with van der Waals surface area (Å²) < 4.78 is 5.62. The minimum Gasteiger partial charge on any atom is -0.371 e. The number of nitrogens with zero attached hydrogens (tertiary/aromatic N) is 3. The molecule has 126 valence electrons. The van der Waals surface area contributed by atoms with Gasteiger partial charge in [-0.2, -0.15) is 4.98 Å². The van der Waals surface area contributed by atoms with Crippen LogP contribution in [-0.4, -0.2) is 29.3 Å². The van der Waals surface area contributed by atoms with Crippen molar-refractivity contribution in [2.45, 2.75) is 50.0 Å². The van der Waals surface area contributed by atoms with Crippen molar-refractivity contribution in [2.24, 2.45) is 11.7 Å². The summed E-state index contributed by atoms with van der Waals surface area (Å²) in [6, 6.07) is 8.90. The molecule has 0 radical (unpaired) electrons. The summed E-state index contributed by atoms with van der Waals surface area (Å²) in [6.45, 7) is 2.08. The van der Waals surface area contributed by atoms with Gasteiger partial charge in [0.05, 0.1) is 5.41 Å². The number of nitrogens with two attached hydrogens (primary N) is 1. The van der Waals surface area contributed by atoms with Gasteiger partial charge in [0.15, 0.2) is 0 Å². The van der Waals surface area contributed by atoms with Crippen LogP contribution in [0.25, 0.3) is 11.4 Å². The van der Waals surface area contributed by atoms with E-state index in [9.17, 15) is 0 Å². The molecule has 2 atom stereocenters. The predicted octanol–water partition coefficient (Wildman–Crippen LogP) is 3.11. The van der Waals surface area contributed by atoms with Gasteiger partial charge < -0.3 is 15.2 Å². The molecule has 2 heterocycles. The number of fused-ring (bicyclic) bond motifs is 1. The molecule has 24 heavy (non-hydrogen) atoms. The monoisotopic (exact) mass is 324 g/mol. The van der Waals surface area contributed by atoms with Crippen LogP contribution in [-0.2, 0) is 5.41 Å². The third-order valence-corrected chi connectivity index (χ3v) is 6.29. The van der Waals surface area contributed by atoms with E-state index in [2.05, 4.69) is 34.3 Å². The standard InChI is InChI=1S/C19H24N4O/c20-15-7-10-23(11-8-15)16-5-3-13(4-6-16)17-21-18(24-22-17)19-9-1-2-14(19)12-19/h3-6,14-15H,1-2,7-12,20H2/t14-,19-/m1/s1. The van der Waals surface area contributed by atoms with E-state index in [4.69, 9.17) is 15.2 Å². The van der Waals surface area contributed by atoms with Crippen molar-refractivity contribution in [3.8, 4) is 11.4 Å². The van der Waals surface area contributed by atoms with Crippen LogP contribution in [0.3, 0.4) is 0 Å². The van der Waals surface area contributed by atoms with Gasteiger partial charge in [-0.25, -0.2) is 0 Å². The molecule has 5 rings (SSSR count). The van der Waals surface area contributed by atoms with Gasteiger partial charge in [-0.3, -0.25) is 0 Å². The average molecular weight is 324 g/mol. The Morgan fingerprint density at radius 3 is 2.58 bits per heavy atom. The fourth-order valence-corrected chi connectivity index (χ4v) is 4.62. The van der Waals surface area contributed by atoms with E-state index in [1.807, 2.05) is 0 Å². The maximum Gasteiger partial charge on any atom is 0.233 e. The minimum atomic E-state index is 0.234. The Balaban J connectivity index is 1.34. The molecule has 5 heteroatoms. The summed E-state index contributed by atoms with van der Waals surface area (Å²) in [5.74, 6) is 2.39. The molecule has 2 aromatic rings. The fraction of sp³-hybridized carbons (Fsp3) is 0.579. The highest BCUT2D eigenvalue weighted by atomic mass is 16.5. The lowest BCUT2D eigenvalue weighted by Crippen LogP contribution is -2.39. The van der Waals surface area contributed by atoms with Gasteiger partial charge in [0.25, 0.3) is 0 Å². The quantitative estimate of drug-likeness (QED) is 0.939. The summed E-state index contributed by atoms with van der Waals surface area (Å²) in [7, 11) is 0. The van der Waals surface area contributed by atoms with Gasteiger partial charge in [0, 0.05) is 30.4 Å². The van der Waals surface area contributed by atoms with Crippen LogP contribution in [0.1, 0.15) is 44.4 Å². The van der Waals surface area contributed by atoms with Crippen molar-refractivity contribution in [1.82, 2.24) is 10.1 Å². The summed E-state index contributed by atoms with van der Waals surface area (Å²) in [5.41, 5.74) is 8.52. The van der Waals surface area contributed by atoms with Gasteiger partial charge in [-0.1, -0.05) is 11.6 Å². The molecule has 3 aliphatic rings. The maximum absolute atomic E-state index is 5.99. The highest BCUT2D eigenvalue weighted by Gasteiger charge is 2.61. The molecular formula is C19H24N4O. The van der Waals surface area contributed by atoms with Gasteiger partial charge in [-0.15, -0.1) is 0 Å². The van der Waals surface area contributed by atoms with Crippen molar-refractivity contribution >= 4 is 5.69 Å². The number of rotatable bonds is 3. The Morgan fingerprint density at radius 2 is 1.92 bits per heavy atom. The third-order valence-electron chi connectivity index (χ3n) is 6.29. The van der Waals surface area contributed by atoms with Crippen molar-refractivity contribution in [3.63, 3.8) is 0 Å². The Labute approximate surface area is 142 Å². The average Bonchev–Trinajstić information content (AvgIpc) is 3.00. The lowest BCUT2D eigenvalue weighted by molar-refractivity contribution is 0.340. The van der Waals surface area contributed by atoms with Gasteiger partial charge >= 0.3 is 0 Å². The highest BCUT2D eigenvalue weighted by Crippen LogP contribution is 2.63. The maximum atomic E-state index is 5.99. The van der Waals surface area contributed by atoms with E-state index in [0.29, 0.717) is 6.04 Å². The smallest absolute Gasteiger partial charge is 0.233 e. The molecule has 5 nitrogen and oxygen atoms in total. The first-order valence-corrected chi connectivity index (χ1v) is 9.20. The van der Waals surface area contributed by atoms with Gasteiger partial charge in [0.2, 0.25) is 11.7 Å². The molecule has 0 bridgehead atoms. The van der Waals surface area contributed by atoms with E-state index < -0.39 is 0 Å². The number of anilines is 1. The first-order chi connectivity index (χ1) is 11.7. The fourth-order valence-electron chi connectivity index (χ4n) is 4.62. The number of hydrogen-bond donors (Lipinski definition) is 1. The van der Waals surface area contributed by atoms with Gasteiger partial charge in [0.1, 0.15) is 0 Å². The van der Waals surface area contributed by atoms with E-state index in [-0.39, 0.29) is 5.41 Å². The molecule has 1 saturated heterocycles. The van der Waals surface area contributed by atoms with E-state index in [1.165, 1.54) is 31.4 Å². The SMILES string of the molecule is NC1CCN(c2ccc(-c3noc([C@@]45CCC[C@@H]4C5)n3)cc2)CC1. The molecule has 0 amide bonds. The van der Waals surface area contributed by atoms with E-state index >= 15 is 0 Å². The Hall–Kier alpha value is -1.88. The Morgan fingerprint density at radius 1 is 1.12 bits per heavy atom. The zero-order valence-electron chi connectivity index (χ0n) is 13.9. The second kappa shape index (κ2) is 5.31. The van der Waals surface area contributed by atoms with Crippen molar-refractivity contribution in [2.75, 3.05) is 18.0 Å². The van der Waals surface area contributed by atoms with Crippen molar-refractivity contribution < 1.29 is 4.52 Å². The van der Waals surface area contributed by atoms with Crippen LogP contribution in [0.15, 0.2) is 28.8 Å². The predicted molar refractivity (Wildman–Crippen MR) is 92.8 cm³/mol. The summed E-state index contributed by atoms with van der Waals surface area (Å²) in [4.78, 5) is 7.12. The van der Waals surface area contributed by atoms with Crippen LogP contribution in [0, 0.1) is 5.92 Å². The summed E-state index contributed by atoms with van der Waals surface area (Å²) in [6.07, 6.45) is 7.22. The van der Waals surface area contributed by atoms with Crippen molar-refractivity contribution in [1.29, 1.82) is 0 Å².